The van der Waals surface area contributed by atoms with Gasteiger partial charge in [0.05, 0.1) is 45.0 Å². The lowest BCUT2D eigenvalue weighted by atomic mass is 9.96. The number of phenols is 1. The number of aliphatic carboxylic acids is 3. The monoisotopic (exact) mass is 1900 g/mol. The van der Waals surface area contributed by atoms with Gasteiger partial charge in [-0.3, -0.25) is 101 Å². The van der Waals surface area contributed by atoms with Gasteiger partial charge in [-0.05, 0) is 158 Å². The smallest absolute Gasteiger partial charge is 0.326 e. The van der Waals surface area contributed by atoms with Crippen molar-refractivity contribution in [3.8, 4) is 5.75 Å². The van der Waals surface area contributed by atoms with E-state index < -0.39 is 284 Å². The first kappa shape index (κ1) is 119. The van der Waals surface area contributed by atoms with Crippen LogP contribution in [0.5, 0.6) is 5.75 Å². The molecule has 134 heavy (non-hydrogen) atoms. The maximum atomic E-state index is 14.6. The molecule has 18 amide bonds. The molecule has 51 heteroatoms. The second kappa shape index (κ2) is 63.1. The number of carboxylic acid groups (broad SMARTS) is 3. The molecule has 0 bridgehead atoms. The number of carbonyl (C=O) groups is 21. The van der Waals surface area contributed by atoms with Crippen molar-refractivity contribution in [3.63, 3.8) is 0 Å². The third-order valence-corrected chi connectivity index (χ3v) is 20.5. The summed E-state index contributed by atoms with van der Waals surface area (Å²) >= 11 is 0. The summed E-state index contributed by atoms with van der Waals surface area (Å²) in [5.74, 6) is -27.4. The first-order chi connectivity index (χ1) is 62.9. The van der Waals surface area contributed by atoms with Crippen LogP contribution in [-0.2, 0) is 107 Å². The molecule has 0 heterocycles. The van der Waals surface area contributed by atoms with Gasteiger partial charge in [0.15, 0.2) is 5.96 Å². The van der Waals surface area contributed by atoms with E-state index in [-0.39, 0.29) is 114 Å². The van der Waals surface area contributed by atoms with E-state index in [0.29, 0.717) is 31.4 Å². The van der Waals surface area contributed by atoms with Gasteiger partial charge >= 0.3 is 17.9 Å². The molecule has 0 aliphatic rings. The molecule has 51 nitrogen and oxygen atoms in total. The second-order valence-corrected chi connectivity index (χ2v) is 33.5. The zero-order chi connectivity index (χ0) is 102. The quantitative estimate of drug-likeness (QED) is 0.0164. The molecule has 16 atom stereocenters. The average molecular weight is 1910 g/mol. The Morgan fingerprint density at radius 1 is 0.366 bits per heavy atom. The summed E-state index contributed by atoms with van der Waals surface area (Å²) < 4.78 is 0. The van der Waals surface area contributed by atoms with Gasteiger partial charge in [-0.2, -0.15) is 0 Å². The first-order valence-corrected chi connectivity index (χ1v) is 44.3. The fourth-order valence-electron chi connectivity index (χ4n) is 13.0. The number of carboxylic acids is 3. The fraction of sp³-hybridized carbons (Fsp3) is 0.663. The summed E-state index contributed by atoms with van der Waals surface area (Å²) in [6.07, 6.45) is -4.08. The number of nitrogens with one attached hydrogen (secondary N) is 18. The molecule has 0 aliphatic carbocycles. The number of guanidine groups is 1. The van der Waals surface area contributed by atoms with Crippen molar-refractivity contribution < 1.29 is 126 Å². The van der Waals surface area contributed by atoms with Crippen molar-refractivity contribution >= 4 is 130 Å². The van der Waals surface area contributed by atoms with Crippen molar-refractivity contribution in [1.82, 2.24) is 90.4 Å². The number of rotatable bonds is 68. The third kappa shape index (κ3) is 47.9. The molecule has 0 radical (unpaired) electrons. The molecule has 0 aromatic heterocycles. The largest absolute Gasteiger partial charge is 0.508 e. The Balaban J connectivity index is 3.72. The van der Waals surface area contributed by atoms with Crippen LogP contribution in [0.25, 0.3) is 0 Å². The lowest BCUT2D eigenvalue weighted by Gasteiger charge is -2.30. The Kier molecular flexibility index (Phi) is 56.1. The van der Waals surface area contributed by atoms with E-state index in [9.17, 15) is 126 Å². The Bertz CT molecular complexity index is 4120. The molecular weight excluding hydrogens is 1760 g/mol. The first-order valence-electron chi connectivity index (χ1n) is 44.3. The van der Waals surface area contributed by atoms with E-state index in [2.05, 4.69) is 90.4 Å². The van der Waals surface area contributed by atoms with E-state index in [1.54, 1.807) is 41.5 Å². The molecule has 1 aromatic carbocycles. The van der Waals surface area contributed by atoms with Crippen LogP contribution >= 0.6 is 0 Å². The number of aliphatic hydroxyl groups excluding tert-OH is 1. The van der Waals surface area contributed by atoms with Crippen molar-refractivity contribution in [1.29, 1.82) is 5.41 Å². The number of phenolic OH excluding ortho intramolecular Hbond substituents is 1. The highest BCUT2D eigenvalue weighted by Crippen LogP contribution is 2.18. The van der Waals surface area contributed by atoms with Crippen LogP contribution in [0.3, 0.4) is 0 Å². The predicted molar refractivity (Wildman–Crippen MR) is 481 cm³/mol. The topological polar surface area (TPSA) is 870 Å². The molecule has 0 spiro atoms. The number of amides is 18. The van der Waals surface area contributed by atoms with Crippen LogP contribution in [0.1, 0.15) is 190 Å². The van der Waals surface area contributed by atoms with E-state index in [4.69, 9.17) is 45.5 Å². The molecule has 0 fully saturated rings. The minimum Gasteiger partial charge on any atom is -0.508 e. The minimum atomic E-state index is -2.16. The summed E-state index contributed by atoms with van der Waals surface area (Å²) in [5.41, 5.74) is 39.6. The van der Waals surface area contributed by atoms with Gasteiger partial charge in [-0.25, -0.2) is 4.79 Å². The molecule has 0 aliphatic heterocycles. The van der Waals surface area contributed by atoms with E-state index in [1.807, 2.05) is 0 Å². The Labute approximate surface area is 775 Å². The number of aliphatic hydroxyl groups is 1. The van der Waals surface area contributed by atoms with E-state index >= 15 is 0 Å². The zero-order valence-corrected chi connectivity index (χ0v) is 77.2. The number of hydrogen-bond donors (Lipinski definition) is 30. The molecule has 1 rings (SSSR count). The van der Waals surface area contributed by atoms with Gasteiger partial charge in [-0.1, -0.05) is 73.9 Å². The Hall–Kier alpha value is -13.0. The van der Waals surface area contributed by atoms with Crippen LogP contribution in [0.4, 0.5) is 0 Å². The van der Waals surface area contributed by atoms with Gasteiger partial charge in [0.25, 0.3) is 0 Å². The molecule has 754 valence electrons. The van der Waals surface area contributed by atoms with E-state index in [0.717, 1.165) is 0 Å². The number of hydrogen-bond acceptors (Lipinski definition) is 28. The highest BCUT2D eigenvalue weighted by atomic mass is 16.4. The van der Waals surface area contributed by atoms with Crippen molar-refractivity contribution in [3.05, 3.63) is 29.8 Å². The van der Waals surface area contributed by atoms with Crippen LogP contribution in [0.15, 0.2) is 24.3 Å². The minimum absolute atomic E-state index is 0.00474. The summed E-state index contributed by atoms with van der Waals surface area (Å²) in [4.78, 5) is 286. The summed E-state index contributed by atoms with van der Waals surface area (Å²) in [6.45, 7) is 12.0. The number of benzene rings is 1. The normalized spacial score (nSPS) is 14.7. The van der Waals surface area contributed by atoms with Crippen molar-refractivity contribution in [2.24, 2.45) is 63.8 Å². The number of carbonyl (C=O) groups excluding carboxylic acids is 18. The Morgan fingerprint density at radius 3 is 1.12 bits per heavy atom. The van der Waals surface area contributed by atoms with Gasteiger partial charge in [0, 0.05) is 19.4 Å². The molecular formula is C83H141N25O26. The SMILES string of the molecule is CC[C@H](C)[C@H](NC(=O)[C@H](CCCNC(=N)N)NC(=O)[C@H](CO)NC(=O)[C@H](CC(N)=O)NC(=O)[C@H](CC(N)=O)NC(=O)[C@H](CCCCN)NC(=O)[C@H](CCC(=O)O)NC(=O)[C@@H](NC(=O)[C@H](CC(=O)O)NC(=O)[C@H](Cc1ccc(O)cc1)NC(=O)CNC(=O)[C@H](C)N)C(C)C)C(=O)N[C@@H](CCCCN)C(=O)N[C@@H](CC(C)C)C(=O)NCC(=O)N[C@@H](CC(C)C)C(=O)N[C@@H](CCCCN)C(=O)O. The lowest BCUT2D eigenvalue weighted by molar-refractivity contribution is -0.142. The highest BCUT2D eigenvalue weighted by molar-refractivity contribution is 6.02. The van der Waals surface area contributed by atoms with Gasteiger partial charge in [-0.15, -0.1) is 0 Å². The van der Waals surface area contributed by atoms with Crippen LogP contribution in [0, 0.1) is 29.1 Å². The molecule has 1 aromatic rings. The molecule has 0 saturated heterocycles. The fourth-order valence-corrected chi connectivity index (χ4v) is 13.0. The van der Waals surface area contributed by atoms with Gasteiger partial charge < -0.3 is 156 Å². The van der Waals surface area contributed by atoms with Gasteiger partial charge in [0.1, 0.15) is 90.3 Å². The van der Waals surface area contributed by atoms with Crippen molar-refractivity contribution in [2.75, 3.05) is 45.9 Å². The Morgan fingerprint density at radius 2 is 0.709 bits per heavy atom. The molecule has 37 N–H and O–H groups in total. The number of unbranched alkanes of at least 4 members (excludes halogenated alkanes) is 3. The molecule has 0 saturated carbocycles. The summed E-state index contributed by atoms with van der Waals surface area (Å²) in [7, 11) is 0. The summed E-state index contributed by atoms with van der Waals surface area (Å²) in [6, 6.07) is -19.7. The summed E-state index contributed by atoms with van der Waals surface area (Å²) in [5, 5.41) is 98.3. The standard InChI is InChI=1S/C83H141N25O26/c1-10-44(8)67(81(132)99-49(19-12-15-29-85)71(122)102-53(32-41(2)3)69(120)94-39-63(114)95-54(33-42(4)5)74(125)101-52(82(133)134)20-13-16-30-86)108-73(124)50(21-17-31-92-83(90)91)98-79(130)59(40-109)106-77(128)57(36-61(89)112)104-76(127)56(35-60(88)111)103-70(121)48(18-11-14-28-84)97-72(123)51(26-27-64(115)116)100-80(131)66(43(6)7)107-78(129)58(37-65(117)118)105-75(126)55(34-46-22-24-47(110)25-23-46)96-62(113)38-93-68(119)45(9)87/h22-25,41-45,48-59,66-67,109-110H,10-21,26-40,84-87H2,1-9H3,(H2,88,111)(H2,89,112)(H,93,119)(H,94,120)(H,95,114)(H,96,113)(H,97,123)(H,98,130)(H,99,132)(H,100,131)(H,101,125)(H,102,122)(H,103,121)(H,104,127)(H,105,126)(H,106,128)(H,107,129)(H,108,124)(H,115,116)(H,117,118)(H,133,134)(H4,90,91,92)/t44-,45-,48-,49-,50-,51-,52-,53-,54-,55-,56-,57-,58-,59-,66-,67-/m0/s1. The van der Waals surface area contributed by atoms with Gasteiger partial charge in [0.2, 0.25) is 106 Å². The van der Waals surface area contributed by atoms with Crippen molar-refractivity contribution in [2.45, 2.75) is 281 Å². The van der Waals surface area contributed by atoms with Crippen LogP contribution in [-0.4, -0.2) is 292 Å². The highest BCUT2D eigenvalue weighted by Gasteiger charge is 2.41. The zero-order valence-electron chi connectivity index (χ0n) is 77.2. The van der Waals surface area contributed by atoms with Crippen LogP contribution < -0.4 is 131 Å². The average Bonchev–Trinajstić information content (AvgIpc) is 0.847. The third-order valence-electron chi connectivity index (χ3n) is 20.5. The maximum Gasteiger partial charge on any atom is 0.326 e. The number of primary amides is 2. The predicted octanol–water partition coefficient (Wildman–Crippen LogP) is -9.09. The van der Waals surface area contributed by atoms with E-state index in [1.165, 1.54) is 45.0 Å². The molecule has 0 unspecified atom stereocenters. The maximum absolute atomic E-state index is 14.6. The second-order valence-electron chi connectivity index (χ2n) is 33.5. The number of aromatic hydroxyl groups is 1. The lowest BCUT2D eigenvalue weighted by Crippen LogP contribution is -2.62. The number of nitrogens with two attached hydrogens (primary N) is 7. The van der Waals surface area contributed by atoms with Crippen LogP contribution in [0.2, 0.25) is 0 Å².